The summed E-state index contributed by atoms with van der Waals surface area (Å²) in [5.41, 5.74) is 1.61. The molecule has 33 heavy (non-hydrogen) atoms. The smallest absolute Gasteiger partial charge is 0.308 e. The van der Waals surface area contributed by atoms with Gasteiger partial charge in [-0.2, -0.15) is 0 Å². The standard InChI is InChI=1S/C25H29N3O5/c29-22(16-18-8-2-1-3-9-18)26-15-14-24(31)33-17-23(30)28-21-13-7-6-12-20(21)25(32)27-19-10-4-5-11-19/h1-3,6-9,12-13,19H,4-5,10-11,14-17H2,(H,26,29)(H,27,32)(H,28,30). The second-order valence-electron chi connectivity index (χ2n) is 7.97. The van der Waals surface area contributed by atoms with Gasteiger partial charge in [-0.15, -0.1) is 0 Å². The van der Waals surface area contributed by atoms with Crippen LogP contribution in [-0.2, 0) is 25.5 Å². The molecule has 1 aliphatic carbocycles. The van der Waals surface area contributed by atoms with E-state index in [1.165, 1.54) is 0 Å². The van der Waals surface area contributed by atoms with Gasteiger partial charge in [0.05, 0.1) is 24.1 Å². The molecule has 3 amide bonds. The normalized spacial score (nSPS) is 13.2. The molecule has 2 aromatic carbocycles. The molecule has 174 valence electrons. The van der Waals surface area contributed by atoms with Crippen molar-refractivity contribution in [2.45, 2.75) is 44.6 Å². The van der Waals surface area contributed by atoms with Crippen LogP contribution >= 0.6 is 0 Å². The Morgan fingerprint density at radius 3 is 2.33 bits per heavy atom. The molecule has 1 saturated carbocycles. The molecular formula is C25H29N3O5. The van der Waals surface area contributed by atoms with Crippen molar-refractivity contribution in [1.29, 1.82) is 0 Å². The van der Waals surface area contributed by atoms with E-state index in [1.54, 1.807) is 24.3 Å². The van der Waals surface area contributed by atoms with Gasteiger partial charge in [-0.25, -0.2) is 0 Å². The van der Waals surface area contributed by atoms with Gasteiger partial charge in [0, 0.05) is 12.6 Å². The van der Waals surface area contributed by atoms with E-state index in [9.17, 15) is 19.2 Å². The first-order valence-corrected chi connectivity index (χ1v) is 11.2. The van der Waals surface area contributed by atoms with Crippen LogP contribution in [0.5, 0.6) is 0 Å². The number of rotatable bonds is 10. The van der Waals surface area contributed by atoms with Crippen molar-refractivity contribution in [2.75, 3.05) is 18.5 Å². The monoisotopic (exact) mass is 451 g/mol. The van der Waals surface area contributed by atoms with E-state index in [1.807, 2.05) is 30.3 Å². The number of para-hydroxylation sites is 1. The first-order chi connectivity index (χ1) is 16.0. The molecule has 1 aliphatic rings. The van der Waals surface area contributed by atoms with Gasteiger partial charge in [0.2, 0.25) is 5.91 Å². The van der Waals surface area contributed by atoms with Gasteiger partial charge in [0.15, 0.2) is 6.61 Å². The number of anilines is 1. The third kappa shape index (κ3) is 8.07. The number of carbonyl (C=O) groups excluding carboxylic acids is 4. The van der Waals surface area contributed by atoms with Gasteiger partial charge in [-0.05, 0) is 30.5 Å². The second-order valence-corrected chi connectivity index (χ2v) is 7.97. The Labute approximate surface area is 193 Å². The quantitative estimate of drug-likeness (QED) is 0.481. The van der Waals surface area contributed by atoms with Crippen LogP contribution in [0.15, 0.2) is 54.6 Å². The van der Waals surface area contributed by atoms with Crippen molar-refractivity contribution in [3.8, 4) is 0 Å². The summed E-state index contributed by atoms with van der Waals surface area (Å²) in [5, 5.41) is 8.28. The predicted molar refractivity (Wildman–Crippen MR) is 124 cm³/mol. The SMILES string of the molecule is O=C(Cc1ccccc1)NCCC(=O)OCC(=O)Nc1ccccc1C(=O)NC1CCCC1. The highest BCUT2D eigenvalue weighted by molar-refractivity contribution is 6.04. The largest absolute Gasteiger partial charge is 0.456 e. The molecule has 0 saturated heterocycles. The molecular weight excluding hydrogens is 422 g/mol. The molecule has 3 rings (SSSR count). The van der Waals surface area contributed by atoms with Crippen molar-refractivity contribution in [3.63, 3.8) is 0 Å². The maximum Gasteiger partial charge on any atom is 0.308 e. The molecule has 0 spiro atoms. The van der Waals surface area contributed by atoms with E-state index in [-0.39, 0.29) is 37.2 Å². The van der Waals surface area contributed by atoms with Crippen molar-refractivity contribution < 1.29 is 23.9 Å². The molecule has 8 heteroatoms. The molecule has 1 fully saturated rings. The molecule has 0 unspecified atom stereocenters. The zero-order valence-electron chi connectivity index (χ0n) is 18.5. The molecule has 0 atom stereocenters. The Morgan fingerprint density at radius 1 is 0.879 bits per heavy atom. The number of esters is 1. The Kier molecular flexibility index (Phi) is 8.99. The third-order valence-corrected chi connectivity index (χ3v) is 5.36. The first-order valence-electron chi connectivity index (χ1n) is 11.2. The van der Waals surface area contributed by atoms with Gasteiger partial charge >= 0.3 is 5.97 Å². The van der Waals surface area contributed by atoms with Crippen LogP contribution in [0, 0.1) is 0 Å². The third-order valence-electron chi connectivity index (χ3n) is 5.36. The van der Waals surface area contributed by atoms with Gasteiger partial charge in [-0.1, -0.05) is 55.3 Å². The average Bonchev–Trinajstić information content (AvgIpc) is 3.32. The summed E-state index contributed by atoms with van der Waals surface area (Å²) in [5.74, 6) is -1.57. The number of carbonyl (C=O) groups is 4. The van der Waals surface area contributed by atoms with Gasteiger partial charge in [0.25, 0.3) is 11.8 Å². The average molecular weight is 452 g/mol. The molecule has 0 heterocycles. The predicted octanol–water partition coefficient (Wildman–Crippen LogP) is 2.59. The minimum Gasteiger partial charge on any atom is -0.456 e. The van der Waals surface area contributed by atoms with E-state index >= 15 is 0 Å². The fraction of sp³-hybridized carbons (Fsp3) is 0.360. The summed E-state index contributed by atoms with van der Waals surface area (Å²) in [6.45, 7) is -0.355. The molecule has 2 aromatic rings. The zero-order chi connectivity index (χ0) is 23.5. The summed E-state index contributed by atoms with van der Waals surface area (Å²) < 4.78 is 4.98. The highest BCUT2D eigenvalue weighted by atomic mass is 16.5. The summed E-state index contributed by atoms with van der Waals surface area (Å²) in [4.78, 5) is 48.6. The van der Waals surface area contributed by atoms with Crippen LogP contribution in [0.25, 0.3) is 0 Å². The lowest BCUT2D eigenvalue weighted by Gasteiger charge is -2.15. The summed E-state index contributed by atoms with van der Waals surface area (Å²) in [6.07, 6.45) is 4.31. The summed E-state index contributed by atoms with van der Waals surface area (Å²) in [6, 6.07) is 16.2. The van der Waals surface area contributed by atoms with Crippen LogP contribution in [0.1, 0.15) is 48.0 Å². The van der Waals surface area contributed by atoms with E-state index in [2.05, 4.69) is 16.0 Å². The Balaban J connectivity index is 1.38. The molecule has 0 bridgehead atoms. The fourth-order valence-electron chi connectivity index (χ4n) is 3.68. The molecule has 0 aromatic heterocycles. The maximum atomic E-state index is 12.6. The van der Waals surface area contributed by atoms with Crippen LogP contribution in [0.3, 0.4) is 0 Å². The lowest BCUT2D eigenvalue weighted by Crippen LogP contribution is -2.33. The van der Waals surface area contributed by atoms with Gasteiger partial charge in [0.1, 0.15) is 0 Å². The van der Waals surface area contributed by atoms with E-state index in [0.29, 0.717) is 11.3 Å². The maximum absolute atomic E-state index is 12.6. The number of benzene rings is 2. The van der Waals surface area contributed by atoms with Gasteiger partial charge < -0.3 is 20.7 Å². The van der Waals surface area contributed by atoms with Crippen LogP contribution in [0.2, 0.25) is 0 Å². The minimum atomic E-state index is -0.600. The van der Waals surface area contributed by atoms with E-state index < -0.39 is 18.5 Å². The summed E-state index contributed by atoms with van der Waals surface area (Å²) in [7, 11) is 0. The second kappa shape index (κ2) is 12.4. The first kappa shape index (κ1) is 24.0. The van der Waals surface area contributed by atoms with Crippen LogP contribution < -0.4 is 16.0 Å². The fourth-order valence-corrected chi connectivity index (χ4v) is 3.68. The molecule has 0 aliphatic heterocycles. The van der Waals surface area contributed by atoms with E-state index in [4.69, 9.17) is 4.74 Å². The minimum absolute atomic E-state index is 0.0474. The lowest BCUT2D eigenvalue weighted by molar-refractivity contribution is -0.147. The van der Waals surface area contributed by atoms with Crippen molar-refractivity contribution >= 4 is 29.4 Å². The van der Waals surface area contributed by atoms with Crippen LogP contribution in [0.4, 0.5) is 5.69 Å². The molecule has 0 radical (unpaired) electrons. The Hall–Kier alpha value is -3.68. The highest BCUT2D eigenvalue weighted by Gasteiger charge is 2.20. The Morgan fingerprint density at radius 2 is 1.58 bits per heavy atom. The number of nitrogens with one attached hydrogen (secondary N) is 3. The van der Waals surface area contributed by atoms with Gasteiger partial charge in [-0.3, -0.25) is 19.2 Å². The number of hydrogen-bond acceptors (Lipinski definition) is 5. The van der Waals surface area contributed by atoms with Crippen molar-refractivity contribution in [3.05, 3.63) is 65.7 Å². The molecule has 3 N–H and O–H groups in total. The topological polar surface area (TPSA) is 114 Å². The number of hydrogen-bond donors (Lipinski definition) is 3. The number of amides is 3. The van der Waals surface area contributed by atoms with Crippen molar-refractivity contribution in [1.82, 2.24) is 10.6 Å². The van der Waals surface area contributed by atoms with Crippen molar-refractivity contribution in [2.24, 2.45) is 0 Å². The van der Waals surface area contributed by atoms with Crippen LogP contribution in [-0.4, -0.2) is 42.9 Å². The van der Waals surface area contributed by atoms with E-state index in [0.717, 1.165) is 31.2 Å². The number of ether oxygens (including phenoxy) is 1. The molecule has 8 nitrogen and oxygen atoms in total. The summed E-state index contributed by atoms with van der Waals surface area (Å²) >= 11 is 0. The Bertz CT molecular complexity index is 971. The highest BCUT2D eigenvalue weighted by Crippen LogP contribution is 2.20. The lowest BCUT2D eigenvalue weighted by atomic mass is 10.1. The zero-order valence-corrected chi connectivity index (χ0v) is 18.5.